The average molecular weight is 499 g/mol. The second-order valence-corrected chi connectivity index (χ2v) is 9.60. The van der Waals surface area contributed by atoms with Crippen molar-refractivity contribution in [3.63, 3.8) is 0 Å². The topological polar surface area (TPSA) is 127 Å². The SMILES string of the molecule is CCS(=O)(=O)c1cc(-c2cc(C#N)ccn2)cnc1-c1nnc(-c2cc(C(F)(F)F)ccn2)n1C. The summed E-state index contributed by atoms with van der Waals surface area (Å²) in [7, 11) is -2.35. The molecule has 0 atom stereocenters. The van der Waals surface area contributed by atoms with Gasteiger partial charge in [-0.25, -0.2) is 8.42 Å². The van der Waals surface area contributed by atoms with Gasteiger partial charge in [0, 0.05) is 31.2 Å². The minimum atomic E-state index is -4.57. The summed E-state index contributed by atoms with van der Waals surface area (Å²) in [5, 5.41) is 17.1. The molecule has 0 saturated heterocycles. The monoisotopic (exact) mass is 499 g/mol. The number of rotatable bonds is 5. The van der Waals surface area contributed by atoms with Crippen LogP contribution in [-0.2, 0) is 23.1 Å². The van der Waals surface area contributed by atoms with Gasteiger partial charge < -0.3 is 4.57 Å². The molecule has 4 rings (SSSR count). The predicted octanol–water partition coefficient (Wildman–Crippen LogP) is 3.69. The van der Waals surface area contributed by atoms with E-state index in [4.69, 9.17) is 5.26 Å². The molecule has 0 aromatic carbocycles. The number of nitriles is 1. The molecule has 0 aliphatic carbocycles. The van der Waals surface area contributed by atoms with Crippen LogP contribution >= 0.6 is 0 Å². The van der Waals surface area contributed by atoms with Gasteiger partial charge in [0.1, 0.15) is 11.4 Å². The Morgan fingerprint density at radius 2 is 1.69 bits per heavy atom. The summed E-state index contributed by atoms with van der Waals surface area (Å²) in [6.45, 7) is 1.47. The highest BCUT2D eigenvalue weighted by molar-refractivity contribution is 7.91. The van der Waals surface area contributed by atoms with Gasteiger partial charge >= 0.3 is 6.18 Å². The maximum atomic E-state index is 13.1. The van der Waals surface area contributed by atoms with Crippen molar-refractivity contribution in [2.75, 3.05) is 5.75 Å². The first-order valence-corrected chi connectivity index (χ1v) is 11.7. The van der Waals surface area contributed by atoms with Gasteiger partial charge in [-0.2, -0.15) is 18.4 Å². The van der Waals surface area contributed by atoms with E-state index in [1.807, 2.05) is 6.07 Å². The van der Waals surface area contributed by atoms with Crippen molar-refractivity contribution in [2.24, 2.45) is 7.05 Å². The molecule has 4 aromatic heterocycles. The molecule has 0 aliphatic heterocycles. The third-order valence-corrected chi connectivity index (χ3v) is 6.90. The Bertz CT molecular complexity index is 1570. The van der Waals surface area contributed by atoms with E-state index in [1.165, 1.54) is 49.1 Å². The van der Waals surface area contributed by atoms with Crippen LogP contribution in [0.5, 0.6) is 0 Å². The Hall–Kier alpha value is -4.18. The van der Waals surface area contributed by atoms with Crippen LogP contribution in [0.1, 0.15) is 18.1 Å². The molecular weight excluding hydrogens is 483 g/mol. The van der Waals surface area contributed by atoms with Crippen LogP contribution < -0.4 is 0 Å². The van der Waals surface area contributed by atoms with Crippen molar-refractivity contribution in [3.05, 3.63) is 60.0 Å². The highest BCUT2D eigenvalue weighted by atomic mass is 32.2. The fourth-order valence-corrected chi connectivity index (χ4v) is 4.35. The molecule has 0 fully saturated rings. The third-order valence-electron chi connectivity index (χ3n) is 5.16. The predicted molar refractivity (Wildman–Crippen MR) is 118 cm³/mol. The van der Waals surface area contributed by atoms with Crippen LogP contribution in [0.15, 0.2) is 53.8 Å². The van der Waals surface area contributed by atoms with E-state index in [-0.39, 0.29) is 33.7 Å². The minimum absolute atomic E-state index is 0.000195. The van der Waals surface area contributed by atoms with E-state index in [0.29, 0.717) is 16.8 Å². The van der Waals surface area contributed by atoms with Gasteiger partial charge in [0.25, 0.3) is 0 Å². The van der Waals surface area contributed by atoms with Crippen molar-refractivity contribution < 1.29 is 21.6 Å². The minimum Gasteiger partial charge on any atom is -0.307 e. The lowest BCUT2D eigenvalue weighted by Crippen LogP contribution is -2.10. The lowest BCUT2D eigenvalue weighted by molar-refractivity contribution is -0.137. The first-order valence-electron chi connectivity index (χ1n) is 10.1. The van der Waals surface area contributed by atoms with Gasteiger partial charge in [0.15, 0.2) is 21.5 Å². The number of aromatic nitrogens is 6. The second kappa shape index (κ2) is 8.88. The molecule has 0 amide bonds. The lowest BCUT2D eigenvalue weighted by atomic mass is 10.1. The van der Waals surface area contributed by atoms with Gasteiger partial charge in [0.05, 0.1) is 33.5 Å². The van der Waals surface area contributed by atoms with E-state index in [2.05, 4.69) is 25.1 Å². The molecule has 4 aromatic rings. The molecule has 178 valence electrons. The number of halogens is 3. The number of hydrogen-bond donors (Lipinski definition) is 0. The van der Waals surface area contributed by atoms with E-state index in [9.17, 15) is 21.6 Å². The Labute approximate surface area is 197 Å². The standard InChI is InChI=1S/C22H16F3N7O2S/c1-3-35(33,34)18-9-14(16-8-13(11-26)4-6-27-16)12-29-19(18)21-31-30-20(32(21)2)17-10-15(5-7-28-17)22(23,24)25/h4-10,12H,3H2,1-2H3. The molecule has 35 heavy (non-hydrogen) atoms. The Morgan fingerprint density at radius 3 is 2.37 bits per heavy atom. The Balaban J connectivity index is 1.87. The van der Waals surface area contributed by atoms with Gasteiger partial charge in [-0.3, -0.25) is 15.0 Å². The van der Waals surface area contributed by atoms with Crippen molar-refractivity contribution in [1.82, 2.24) is 29.7 Å². The Morgan fingerprint density at radius 1 is 1.00 bits per heavy atom. The molecule has 4 heterocycles. The molecule has 0 N–H and O–H groups in total. The molecule has 0 saturated carbocycles. The summed E-state index contributed by atoms with van der Waals surface area (Å²) in [5.74, 6) is -0.215. The number of sulfone groups is 1. The highest BCUT2D eigenvalue weighted by Gasteiger charge is 2.31. The zero-order valence-electron chi connectivity index (χ0n) is 18.3. The quantitative estimate of drug-likeness (QED) is 0.407. The van der Waals surface area contributed by atoms with Crippen LogP contribution in [0.2, 0.25) is 0 Å². The van der Waals surface area contributed by atoms with Crippen molar-refractivity contribution >= 4 is 9.84 Å². The van der Waals surface area contributed by atoms with Gasteiger partial charge in [0.2, 0.25) is 0 Å². The lowest BCUT2D eigenvalue weighted by Gasteiger charge is -2.11. The summed E-state index contributed by atoms with van der Waals surface area (Å²) in [5.41, 5.74) is 0.0269. The summed E-state index contributed by atoms with van der Waals surface area (Å²) in [6.07, 6.45) is -0.762. The van der Waals surface area contributed by atoms with Gasteiger partial charge in [-0.05, 0) is 30.3 Å². The molecular formula is C22H16F3N7O2S. The van der Waals surface area contributed by atoms with Crippen LogP contribution in [0.3, 0.4) is 0 Å². The van der Waals surface area contributed by atoms with E-state index < -0.39 is 21.6 Å². The molecule has 0 aliphatic rings. The number of nitrogens with zero attached hydrogens (tertiary/aromatic N) is 7. The second-order valence-electron chi connectivity index (χ2n) is 7.35. The number of alkyl halides is 3. The van der Waals surface area contributed by atoms with E-state index >= 15 is 0 Å². The molecule has 0 bridgehead atoms. The van der Waals surface area contributed by atoms with E-state index in [1.54, 1.807) is 0 Å². The third kappa shape index (κ3) is 4.60. The number of hydrogen-bond acceptors (Lipinski definition) is 8. The van der Waals surface area contributed by atoms with Crippen LogP contribution in [0, 0.1) is 11.3 Å². The molecule has 0 spiro atoms. The first kappa shape index (κ1) is 24.0. The van der Waals surface area contributed by atoms with Gasteiger partial charge in [-0.15, -0.1) is 10.2 Å². The number of pyridine rings is 3. The molecule has 0 unspecified atom stereocenters. The van der Waals surface area contributed by atoms with Crippen molar-refractivity contribution in [3.8, 4) is 40.4 Å². The van der Waals surface area contributed by atoms with Crippen molar-refractivity contribution in [2.45, 2.75) is 18.0 Å². The summed E-state index contributed by atoms with van der Waals surface area (Å²) in [6, 6.07) is 8.05. The normalized spacial score (nSPS) is 11.9. The van der Waals surface area contributed by atoms with Gasteiger partial charge in [-0.1, -0.05) is 6.92 Å². The smallest absolute Gasteiger partial charge is 0.307 e. The van der Waals surface area contributed by atoms with E-state index in [0.717, 1.165) is 18.3 Å². The van der Waals surface area contributed by atoms with Crippen molar-refractivity contribution in [1.29, 1.82) is 5.26 Å². The molecule has 13 heteroatoms. The maximum absolute atomic E-state index is 13.1. The fourth-order valence-electron chi connectivity index (χ4n) is 3.29. The summed E-state index contributed by atoms with van der Waals surface area (Å²) in [4.78, 5) is 12.3. The summed E-state index contributed by atoms with van der Waals surface area (Å²) >= 11 is 0. The summed E-state index contributed by atoms with van der Waals surface area (Å²) < 4.78 is 66.6. The average Bonchev–Trinajstić information content (AvgIpc) is 3.24. The maximum Gasteiger partial charge on any atom is 0.416 e. The van der Waals surface area contributed by atoms with Crippen LogP contribution in [-0.4, -0.2) is 43.9 Å². The Kier molecular flexibility index (Phi) is 6.08. The zero-order chi connectivity index (χ0) is 25.4. The zero-order valence-corrected chi connectivity index (χ0v) is 19.1. The fraction of sp³-hybridized carbons (Fsp3) is 0.182. The van der Waals surface area contributed by atoms with Crippen LogP contribution in [0.25, 0.3) is 34.3 Å². The van der Waals surface area contributed by atoms with Crippen LogP contribution in [0.4, 0.5) is 13.2 Å². The highest BCUT2D eigenvalue weighted by Crippen LogP contribution is 2.33. The first-order chi connectivity index (χ1) is 16.5. The molecule has 0 radical (unpaired) electrons. The largest absolute Gasteiger partial charge is 0.416 e. The molecule has 9 nitrogen and oxygen atoms in total.